The number of piperazine rings is 1. The van der Waals surface area contributed by atoms with E-state index in [1.165, 1.54) is 38.2 Å². The van der Waals surface area contributed by atoms with Gasteiger partial charge in [-0.05, 0) is 25.3 Å². The zero-order valence-electron chi connectivity index (χ0n) is 11.7. The molecule has 2 unspecified atom stereocenters. The summed E-state index contributed by atoms with van der Waals surface area (Å²) >= 11 is 0. The first-order valence-electron chi connectivity index (χ1n) is 7.14. The Morgan fingerprint density at radius 2 is 2.17 bits per heavy atom. The van der Waals surface area contributed by atoms with Crippen LogP contribution in [0.1, 0.15) is 26.7 Å². The standard InChI is InChI=1S/C14H24N4/c1-11(2)14-10-17-6-4-5-12(17)9-18(14)13-7-15-16(3)8-13/h7-8,11-12,14H,4-6,9-10H2,1-3H3. The highest BCUT2D eigenvalue weighted by molar-refractivity contribution is 5.45. The average molecular weight is 248 g/mol. The van der Waals surface area contributed by atoms with Gasteiger partial charge >= 0.3 is 0 Å². The van der Waals surface area contributed by atoms with E-state index in [1.54, 1.807) is 0 Å². The number of anilines is 1. The topological polar surface area (TPSA) is 24.3 Å². The first-order valence-corrected chi connectivity index (χ1v) is 7.14. The van der Waals surface area contributed by atoms with Gasteiger partial charge in [-0.15, -0.1) is 0 Å². The molecule has 0 N–H and O–H groups in total. The molecule has 2 fully saturated rings. The van der Waals surface area contributed by atoms with Crippen molar-refractivity contribution in [3.05, 3.63) is 12.4 Å². The Balaban J connectivity index is 1.85. The van der Waals surface area contributed by atoms with Gasteiger partial charge in [0, 0.05) is 38.4 Å². The van der Waals surface area contributed by atoms with Crippen molar-refractivity contribution in [3.63, 3.8) is 0 Å². The molecule has 1 aromatic rings. The van der Waals surface area contributed by atoms with Crippen molar-refractivity contribution in [2.75, 3.05) is 24.5 Å². The molecule has 1 aromatic heterocycles. The molecule has 100 valence electrons. The summed E-state index contributed by atoms with van der Waals surface area (Å²) in [5.74, 6) is 0.687. The summed E-state index contributed by atoms with van der Waals surface area (Å²) in [4.78, 5) is 5.28. The molecule has 3 heterocycles. The molecule has 0 radical (unpaired) electrons. The third-order valence-corrected chi connectivity index (χ3v) is 4.52. The van der Waals surface area contributed by atoms with Crippen molar-refractivity contribution < 1.29 is 0 Å². The van der Waals surface area contributed by atoms with E-state index in [-0.39, 0.29) is 0 Å². The van der Waals surface area contributed by atoms with Crippen LogP contribution >= 0.6 is 0 Å². The highest BCUT2D eigenvalue weighted by Crippen LogP contribution is 2.30. The molecule has 2 saturated heterocycles. The smallest absolute Gasteiger partial charge is 0.0755 e. The van der Waals surface area contributed by atoms with Crippen LogP contribution in [0.4, 0.5) is 5.69 Å². The second kappa shape index (κ2) is 4.57. The van der Waals surface area contributed by atoms with Crippen LogP contribution in [-0.4, -0.2) is 46.4 Å². The highest BCUT2D eigenvalue weighted by Gasteiger charge is 2.37. The van der Waals surface area contributed by atoms with E-state index in [0.29, 0.717) is 12.0 Å². The van der Waals surface area contributed by atoms with Gasteiger partial charge < -0.3 is 4.90 Å². The number of fused-ring (bicyclic) bond motifs is 1. The maximum Gasteiger partial charge on any atom is 0.0755 e. The second-order valence-corrected chi connectivity index (χ2v) is 6.13. The molecule has 4 heteroatoms. The minimum Gasteiger partial charge on any atom is -0.363 e. The van der Waals surface area contributed by atoms with Crippen LogP contribution in [0.5, 0.6) is 0 Å². The van der Waals surface area contributed by atoms with E-state index in [2.05, 4.69) is 34.9 Å². The molecule has 4 nitrogen and oxygen atoms in total. The van der Waals surface area contributed by atoms with Gasteiger partial charge in [-0.2, -0.15) is 5.10 Å². The van der Waals surface area contributed by atoms with Gasteiger partial charge in [0.2, 0.25) is 0 Å². The summed E-state index contributed by atoms with van der Waals surface area (Å²) in [5.41, 5.74) is 1.29. The van der Waals surface area contributed by atoms with Crippen LogP contribution in [0, 0.1) is 5.92 Å². The number of hydrogen-bond acceptors (Lipinski definition) is 3. The number of aromatic nitrogens is 2. The molecule has 2 atom stereocenters. The summed E-state index contributed by atoms with van der Waals surface area (Å²) in [6, 6.07) is 1.39. The molecule has 2 aliphatic rings. The monoisotopic (exact) mass is 248 g/mol. The van der Waals surface area contributed by atoms with E-state index in [0.717, 1.165) is 6.04 Å². The molecule has 0 amide bonds. The molecule has 0 aliphatic carbocycles. The lowest BCUT2D eigenvalue weighted by Crippen LogP contribution is -2.58. The van der Waals surface area contributed by atoms with E-state index in [4.69, 9.17) is 0 Å². The van der Waals surface area contributed by atoms with E-state index in [9.17, 15) is 0 Å². The van der Waals surface area contributed by atoms with Crippen LogP contribution in [0.2, 0.25) is 0 Å². The first-order chi connectivity index (χ1) is 8.65. The molecular formula is C14H24N4. The summed E-state index contributed by atoms with van der Waals surface area (Å²) < 4.78 is 1.91. The maximum atomic E-state index is 4.33. The van der Waals surface area contributed by atoms with Gasteiger partial charge in [0.15, 0.2) is 0 Å². The molecule has 0 bridgehead atoms. The largest absolute Gasteiger partial charge is 0.363 e. The lowest BCUT2D eigenvalue weighted by atomic mass is 9.97. The Bertz CT molecular complexity index is 412. The summed E-state index contributed by atoms with van der Waals surface area (Å²) in [6.45, 7) is 8.37. The lowest BCUT2D eigenvalue weighted by molar-refractivity contribution is 0.176. The quantitative estimate of drug-likeness (QED) is 0.796. The van der Waals surface area contributed by atoms with Crippen molar-refractivity contribution in [1.82, 2.24) is 14.7 Å². The van der Waals surface area contributed by atoms with Gasteiger partial charge in [-0.25, -0.2) is 0 Å². The first kappa shape index (κ1) is 12.0. The number of nitrogens with zero attached hydrogens (tertiary/aromatic N) is 4. The highest BCUT2D eigenvalue weighted by atomic mass is 15.3. The maximum absolute atomic E-state index is 4.33. The van der Waals surface area contributed by atoms with Gasteiger partial charge in [0.05, 0.1) is 11.9 Å². The van der Waals surface area contributed by atoms with E-state index < -0.39 is 0 Å². The van der Waals surface area contributed by atoms with Crippen molar-refractivity contribution in [2.24, 2.45) is 13.0 Å². The Labute approximate surface area is 110 Å². The van der Waals surface area contributed by atoms with Crippen molar-refractivity contribution in [3.8, 4) is 0 Å². The molecule has 0 saturated carbocycles. The third-order valence-electron chi connectivity index (χ3n) is 4.52. The van der Waals surface area contributed by atoms with E-state index >= 15 is 0 Å². The molecule has 2 aliphatic heterocycles. The zero-order valence-corrected chi connectivity index (χ0v) is 11.7. The Morgan fingerprint density at radius 1 is 1.33 bits per heavy atom. The van der Waals surface area contributed by atoms with Crippen LogP contribution in [0.15, 0.2) is 12.4 Å². The Kier molecular flexibility index (Phi) is 3.06. The predicted octanol–water partition coefficient (Wildman–Crippen LogP) is 1.73. The van der Waals surface area contributed by atoms with Crippen LogP contribution < -0.4 is 4.90 Å². The van der Waals surface area contributed by atoms with Crippen molar-refractivity contribution >= 4 is 5.69 Å². The second-order valence-electron chi connectivity index (χ2n) is 6.13. The van der Waals surface area contributed by atoms with Gasteiger partial charge in [-0.1, -0.05) is 13.8 Å². The Morgan fingerprint density at radius 3 is 2.83 bits per heavy atom. The minimum absolute atomic E-state index is 0.628. The summed E-state index contributed by atoms with van der Waals surface area (Å²) in [5, 5.41) is 4.33. The molecule has 0 spiro atoms. The van der Waals surface area contributed by atoms with Gasteiger partial charge in [-0.3, -0.25) is 9.58 Å². The van der Waals surface area contributed by atoms with Crippen molar-refractivity contribution in [2.45, 2.75) is 38.8 Å². The average Bonchev–Trinajstić information content (AvgIpc) is 2.94. The SMILES string of the molecule is CC(C)C1CN2CCCC2CN1c1cnn(C)c1. The Hall–Kier alpha value is -1.03. The molecular weight excluding hydrogens is 224 g/mol. The third kappa shape index (κ3) is 2.03. The normalized spacial score (nSPS) is 29.0. The van der Waals surface area contributed by atoms with Gasteiger partial charge in [0.1, 0.15) is 0 Å². The fourth-order valence-corrected chi connectivity index (χ4v) is 3.47. The predicted molar refractivity (Wildman–Crippen MR) is 73.8 cm³/mol. The van der Waals surface area contributed by atoms with Crippen molar-refractivity contribution in [1.29, 1.82) is 0 Å². The van der Waals surface area contributed by atoms with Crippen LogP contribution in [0.3, 0.4) is 0 Å². The van der Waals surface area contributed by atoms with E-state index in [1.807, 2.05) is 17.9 Å². The summed E-state index contributed by atoms with van der Waals surface area (Å²) in [6.07, 6.45) is 6.90. The van der Waals surface area contributed by atoms with Crippen LogP contribution in [-0.2, 0) is 7.05 Å². The molecule has 3 rings (SSSR count). The fourth-order valence-electron chi connectivity index (χ4n) is 3.47. The van der Waals surface area contributed by atoms with Crippen LogP contribution in [0.25, 0.3) is 0 Å². The number of aryl methyl sites for hydroxylation is 1. The zero-order chi connectivity index (χ0) is 12.7. The summed E-state index contributed by atoms with van der Waals surface area (Å²) in [7, 11) is 2.00. The molecule has 0 aromatic carbocycles. The lowest BCUT2D eigenvalue weighted by Gasteiger charge is -2.46. The number of hydrogen-bond donors (Lipinski definition) is 0. The molecule has 18 heavy (non-hydrogen) atoms. The fraction of sp³-hybridized carbons (Fsp3) is 0.786. The minimum atomic E-state index is 0.628. The van der Waals surface area contributed by atoms with Gasteiger partial charge in [0.25, 0.3) is 0 Å². The number of rotatable bonds is 2.